The summed E-state index contributed by atoms with van der Waals surface area (Å²) in [7, 11) is 0. The van der Waals surface area contributed by atoms with E-state index in [1.54, 1.807) is 25.1 Å². The van der Waals surface area contributed by atoms with Gasteiger partial charge in [0.2, 0.25) is 0 Å². The average molecular weight is 480 g/mol. The molecule has 3 aromatic rings. The van der Waals surface area contributed by atoms with E-state index in [0.717, 1.165) is 25.0 Å². The Morgan fingerprint density at radius 2 is 2.12 bits per heavy atom. The second-order valence-electron chi connectivity index (χ2n) is 7.64. The summed E-state index contributed by atoms with van der Waals surface area (Å²) in [5.74, 6) is -0.0545. The number of ether oxygens (including phenoxy) is 2. The van der Waals surface area contributed by atoms with Crippen LogP contribution in [0.1, 0.15) is 34.5 Å². The number of aromatic nitrogens is 2. The third-order valence-electron chi connectivity index (χ3n) is 5.31. The molecule has 0 radical (unpaired) electrons. The van der Waals surface area contributed by atoms with E-state index in [1.165, 1.54) is 23.0 Å². The van der Waals surface area contributed by atoms with E-state index in [0.29, 0.717) is 35.4 Å². The number of rotatable bonds is 6. The van der Waals surface area contributed by atoms with Crippen molar-refractivity contribution in [2.75, 3.05) is 18.5 Å². The van der Waals surface area contributed by atoms with E-state index < -0.39 is 17.6 Å². The molecule has 1 aliphatic heterocycles. The summed E-state index contributed by atoms with van der Waals surface area (Å²) in [6, 6.07) is 9.62. The van der Waals surface area contributed by atoms with Crippen molar-refractivity contribution in [3.63, 3.8) is 0 Å². The molecule has 1 unspecified atom stereocenters. The number of halogens is 4. The average Bonchev–Trinajstić information content (AvgIpc) is 3.42. The monoisotopic (exact) mass is 479 g/mol. The molecular weight excluding hydrogens is 459 g/mol. The number of carbonyl (C=O) groups excluding carboxylic acids is 1. The number of carbonyl (C=O) groups is 1. The zero-order valence-corrected chi connectivity index (χ0v) is 18.4. The second-order valence-corrected chi connectivity index (χ2v) is 8.08. The molecule has 1 N–H and O–H groups in total. The fraction of sp³-hybridized carbons (Fsp3) is 0.304. The van der Waals surface area contributed by atoms with Crippen molar-refractivity contribution in [3.05, 3.63) is 70.5 Å². The maximum absolute atomic E-state index is 13.1. The molecule has 1 amide bonds. The van der Waals surface area contributed by atoms with Gasteiger partial charge < -0.3 is 14.8 Å². The summed E-state index contributed by atoms with van der Waals surface area (Å²) >= 11 is 6.10. The molecule has 2 aromatic carbocycles. The van der Waals surface area contributed by atoms with Crippen molar-refractivity contribution in [2.24, 2.45) is 0 Å². The minimum atomic E-state index is -4.48. The predicted molar refractivity (Wildman–Crippen MR) is 117 cm³/mol. The molecular formula is C23H21ClF3N3O3. The zero-order valence-electron chi connectivity index (χ0n) is 17.7. The molecule has 0 spiro atoms. The first-order valence-electron chi connectivity index (χ1n) is 10.3. The van der Waals surface area contributed by atoms with Gasteiger partial charge in [-0.15, -0.1) is 0 Å². The van der Waals surface area contributed by atoms with Crippen LogP contribution in [-0.4, -0.2) is 35.0 Å². The van der Waals surface area contributed by atoms with E-state index in [1.807, 2.05) is 0 Å². The number of hydrogen-bond acceptors (Lipinski definition) is 4. The normalized spacial score (nSPS) is 16.1. The lowest BCUT2D eigenvalue weighted by Gasteiger charge is -2.15. The van der Waals surface area contributed by atoms with Gasteiger partial charge in [-0.05, 0) is 56.2 Å². The number of benzene rings is 2. The molecule has 0 saturated carbocycles. The topological polar surface area (TPSA) is 65.4 Å². The van der Waals surface area contributed by atoms with Crippen molar-refractivity contribution >= 4 is 23.2 Å². The van der Waals surface area contributed by atoms with E-state index in [-0.39, 0.29) is 17.4 Å². The highest BCUT2D eigenvalue weighted by Gasteiger charge is 2.31. The van der Waals surface area contributed by atoms with Crippen LogP contribution in [0.25, 0.3) is 5.69 Å². The number of anilines is 1. The van der Waals surface area contributed by atoms with Crippen molar-refractivity contribution < 1.29 is 27.4 Å². The Balaban J connectivity index is 1.54. The van der Waals surface area contributed by atoms with Crippen molar-refractivity contribution in [1.82, 2.24) is 9.78 Å². The maximum Gasteiger partial charge on any atom is 0.416 e. The summed E-state index contributed by atoms with van der Waals surface area (Å²) in [4.78, 5) is 13.0. The standard InChI is InChI=1S/C23H21ClF3N3O3/c1-14-19(12-28-30(14)17-5-2-4-15(10-17)23(25,26)27)22(31)29-20-11-16(24)7-8-21(20)33-13-18-6-3-9-32-18/h2,4-5,7-8,10-12,18H,3,6,9,13H2,1H3,(H,29,31). The second kappa shape index (κ2) is 9.44. The van der Waals surface area contributed by atoms with Crippen LogP contribution in [0.15, 0.2) is 48.7 Å². The van der Waals surface area contributed by atoms with Gasteiger partial charge in [-0.2, -0.15) is 18.3 Å². The summed E-state index contributed by atoms with van der Waals surface area (Å²) in [6.07, 6.45) is -1.29. The number of amides is 1. The Kier molecular flexibility index (Phi) is 6.62. The molecule has 33 heavy (non-hydrogen) atoms. The predicted octanol–water partition coefficient (Wildman–Crippen LogP) is 5.66. The van der Waals surface area contributed by atoms with Crippen LogP contribution in [0.4, 0.5) is 18.9 Å². The van der Waals surface area contributed by atoms with Crippen molar-refractivity contribution in [1.29, 1.82) is 0 Å². The first-order valence-corrected chi connectivity index (χ1v) is 10.7. The zero-order chi connectivity index (χ0) is 23.6. The van der Waals surface area contributed by atoms with Gasteiger partial charge in [0.25, 0.3) is 5.91 Å². The Labute approximate surface area is 193 Å². The fourth-order valence-corrected chi connectivity index (χ4v) is 3.75. The van der Waals surface area contributed by atoms with Crippen LogP contribution in [0.3, 0.4) is 0 Å². The van der Waals surface area contributed by atoms with Gasteiger partial charge in [-0.25, -0.2) is 4.68 Å². The lowest BCUT2D eigenvalue weighted by molar-refractivity contribution is -0.137. The lowest BCUT2D eigenvalue weighted by atomic mass is 10.2. The minimum Gasteiger partial charge on any atom is -0.489 e. The number of alkyl halides is 3. The molecule has 1 saturated heterocycles. The van der Waals surface area contributed by atoms with E-state index >= 15 is 0 Å². The smallest absolute Gasteiger partial charge is 0.416 e. The Bertz CT molecular complexity index is 1160. The number of nitrogens with one attached hydrogen (secondary N) is 1. The van der Waals surface area contributed by atoms with Crippen LogP contribution in [0, 0.1) is 6.92 Å². The van der Waals surface area contributed by atoms with Crippen LogP contribution in [0.2, 0.25) is 5.02 Å². The first-order chi connectivity index (χ1) is 15.7. The molecule has 10 heteroatoms. The van der Waals surface area contributed by atoms with Gasteiger partial charge in [-0.3, -0.25) is 4.79 Å². The summed E-state index contributed by atoms with van der Waals surface area (Å²) in [6.45, 7) is 2.65. The highest BCUT2D eigenvalue weighted by atomic mass is 35.5. The van der Waals surface area contributed by atoms with Crippen molar-refractivity contribution in [3.8, 4) is 11.4 Å². The van der Waals surface area contributed by atoms with Gasteiger partial charge in [-0.1, -0.05) is 17.7 Å². The molecule has 0 aliphatic carbocycles. The summed E-state index contributed by atoms with van der Waals surface area (Å²) in [5.41, 5.74) is 0.363. The van der Waals surface area contributed by atoms with Gasteiger partial charge in [0.15, 0.2) is 0 Å². The van der Waals surface area contributed by atoms with Gasteiger partial charge >= 0.3 is 6.18 Å². The van der Waals surface area contributed by atoms with Crippen LogP contribution in [-0.2, 0) is 10.9 Å². The van der Waals surface area contributed by atoms with Crippen LogP contribution >= 0.6 is 11.6 Å². The molecule has 1 fully saturated rings. The highest BCUT2D eigenvalue weighted by molar-refractivity contribution is 6.31. The van der Waals surface area contributed by atoms with E-state index in [9.17, 15) is 18.0 Å². The molecule has 6 nitrogen and oxygen atoms in total. The van der Waals surface area contributed by atoms with E-state index in [4.69, 9.17) is 21.1 Å². The molecule has 0 bridgehead atoms. The third kappa shape index (κ3) is 5.31. The Hall–Kier alpha value is -3.04. The minimum absolute atomic E-state index is 0.00262. The molecule has 1 aromatic heterocycles. The molecule has 1 aliphatic rings. The quantitative estimate of drug-likeness (QED) is 0.495. The van der Waals surface area contributed by atoms with Crippen LogP contribution < -0.4 is 10.1 Å². The molecule has 174 valence electrons. The molecule has 2 heterocycles. The lowest BCUT2D eigenvalue weighted by Crippen LogP contribution is -2.18. The SMILES string of the molecule is Cc1c(C(=O)Nc2cc(Cl)ccc2OCC2CCCO2)cnn1-c1cccc(C(F)(F)F)c1. The van der Waals surface area contributed by atoms with Crippen LogP contribution in [0.5, 0.6) is 5.75 Å². The van der Waals surface area contributed by atoms with Crippen molar-refractivity contribution in [2.45, 2.75) is 32.0 Å². The Morgan fingerprint density at radius 3 is 2.85 bits per heavy atom. The van der Waals surface area contributed by atoms with Gasteiger partial charge in [0, 0.05) is 11.6 Å². The number of hydrogen-bond donors (Lipinski definition) is 1. The molecule has 1 atom stereocenters. The molecule has 4 rings (SSSR count). The van der Waals surface area contributed by atoms with Gasteiger partial charge in [0.05, 0.1) is 40.5 Å². The van der Waals surface area contributed by atoms with E-state index in [2.05, 4.69) is 10.4 Å². The first kappa shape index (κ1) is 23.1. The Morgan fingerprint density at radius 1 is 1.30 bits per heavy atom. The summed E-state index contributed by atoms with van der Waals surface area (Å²) in [5, 5.41) is 7.29. The number of nitrogens with zero attached hydrogens (tertiary/aromatic N) is 2. The fourth-order valence-electron chi connectivity index (χ4n) is 3.58. The largest absolute Gasteiger partial charge is 0.489 e. The maximum atomic E-state index is 13.1. The highest BCUT2D eigenvalue weighted by Crippen LogP contribution is 2.32. The van der Waals surface area contributed by atoms with Gasteiger partial charge in [0.1, 0.15) is 12.4 Å². The third-order valence-corrected chi connectivity index (χ3v) is 5.55. The summed E-state index contributed by atoms with van der Waals surface area (Å²) < 4.78 is 51.9.